The molecular weight excluding hydrogens is 204 g/mol. The monoisotopic (exact) mass is 224 g/mol. The third kappa shape index (κ3) is 2.58. The normalized spacial score (nSPS) is 19.2. The highest BCUT2D eigenvalue weighted by Crippen LogP contribution is 2.38. The Kier molecular flexibility index (Phi) is 3.42. The van der Waals surface area contributed by atoms with E-state index in [1.54, 1.807) is 11.3 Å². The Morgan fingerprint density at radius 2 is 2.20 bits per heavy atom. The van der Waals surface area contributed by atoms with Gasteiger partial charge in [-0.3, -0.25) is 0 Å². The number of nitrogens with one attached hydrogen (secondary N) is 1. The molecule has 1 aliphatic rings. The van der Waals surface area contributed by atoms with Gasteiger partial charge in [0.15, 0.2) is 0 Å². The quantitative estimate of drug-likeness (QED) is 0.849. The van der Waals surface area contributed by atoms with Gasteiger partial charge in [-0.1, -0.05) is 20.3 Å². The minimum absolute atomic E-state index is 0.498. The number of nitrogens with zero attached hydrogens (tertiary/aromatic N) is 1. The van der Waals surface area contributed by atoms with Crippen LogP contribution < -0.4 is 5.32 Å². The summed E-state index contributed by atoms with van der Waals surface area (Å²) in [6.07, 6.45) is 4.12. The zero-order valence-electron chi connectivity index (χ0n) is 9.79. The van der Waals surface area contributed by atoms with Gasteiger partial charge in [0.25, 0.3) is 0 Å². The fraction of sp³-hybridized carbons (Fsp3) is 0.750. The molecule has 0 radical (unpaired) electrons. The summed E-state index contributed by atoms with van der Waals surface area (Å²) in [4.78, 5) is 4.62. The number of thiazole rings is 1. The number of hydrogen-bond donors (Lipinski definition) is 1. The molecule has 0 bridgehead atoms. The van der Waals surface area contributed by atoms with Crippen LogP contribution in [0.4, 0.5) is 0 Å². The van der Waals surface area contributed by atoms with Gasteiger partial charge in [0.1, 0.15) is 5.01 Å². The zero-order chi connectivity index (χ0) is 10.8. The number of aromatic nitrogens is 1. The van der Waals surface area contributed by atoms with Crippen LogP contribution in [-0.4, -0.2) is 11.0 Å². The van der Waals surface area contributed by atoms with Crippen LogP contribution in [0.1, 0.15) is 49.9 Å². The van der Waals surface area contributed by atoms with Crippen molar-refractivity contribution < 1.29 is 0 Å². The van der Waals surface area contributed by atoms with E-state index in [0.29, 0.717) is 12.1 Å². The summed E-state index contributed by atoms with van der Waals surface area (Å²) in [5.74, 6) is 0.818. The Labute approximate surface area is 96.1 Å². The van der Waals surface area contributed by atoms with Crippen molar-refractivity contribution in [1.82, 2.24) is 10.3 Å². The lowest BCUT2D eigenvalue weighted by atomic mass is 9.79. The van der Waals surface area contributed by atoms with Crippen LogP contribution in [0, 0.1) is 12.8 Å². The summed E-state index contributed by atoms with van der Waals surface area (Å²) in [5, 5.41) is 7.10. The van der Waals surface area contributed by atoms with E-state index in [4.69, 9.17) is 0 Å². The molecule has 1 saturated carbocycles. The van der Waals surface area contributed by atoms with Crippen molar-refractivity contribution in [2.75, 3.05) is 0 Å². The van der Waals surface area contributed by atoms with Crippen LogP contribution in [-0.2, 0) is 0 Å². The zero-order valence-corrected chi connectivity index (χ0v) is 10.6. The third-order valence-corrected chi connectivity index (χ3v) is 4.08. The number of hydrogen-bond acceptors (Lipinski definition) is 3. The van der Waals surface area contributed by atoms with Crippen molar-refractivity contribution in [3.05, 3.63) is 16.1 Å². The molecule has 1 atom stereocenters. The summed E-state index contributed by atoms with van der Waals surface area (Å²) in [5.41, 5.74) is 1.16. The second kappa shape index (κ2) is 4.62. The molecule has 0 aromatic carbocycles. The molecular formula is C12H20N2S. The molecule has 3 heteroatoms. The van der Waals surface area contributed by atoms with E-state index in [0.717, 1.165) is 11.6 Å². The first-order valence-electron chi connectivity index (χ1n) is 5.85. The maximum Gasteiger partial charge on any atom is 0.110 e. The van der Waals surface area contributed by atoms with E-state index in [1.165, 1.54) is 24.3 Å². The van der Waals surface area contributed by atoms with Crippen molar-refractivity contribution >= 4 is 11.3 Å². The van der Waals surface area contributed by atoms with Crippen LogP contribution in [0.25, 0.3) is 0 Å². The van der Waals surface area contributed by atoms with Crippen molar-refractivity contribution in [2.24, 2.45) is 5.92 Å². The van der Waals surface area contributed by atoms with Crippen LogP contribution in [0.15, 0.2) is 5.38 Å². The second-order valence-electron chi connectivity index (χ2n) is 4.82. The number of aryl methyl sites for hydroxylation is 1. The predicted octanol–water partition coefficient (Wildman–Crippen LogP) is 3.29. The molecule has 15 heavy (non-hydrogen) atoms. The molecule has 1 unspecified atom stereocenters. The fourth-order valence-electron chi connectivity index (χ4n) is 2.06. The van der Waals surface area contributed by atoms with Gasteiger partial charge in [0.2, 0.25) is 0 Å². The van der Waals surface area contributed by atoms with E-state index in [1.807, 2.05) is 0 Å². The Morgan fingerprint density at radius 1 is 1.47 bits per heavy atom. The summed E-state index contributed by atoms with van der Waals surface area (Å²) in [6, 6.07) is 1.04. The van der Waals surface area contributed by atoms with Gasteiger partial charge in [-0.05, 0) is 25.7 Å². The first-order chi connectivity index (χ1) is 7.16. The largest absolute Gasteiger partial charge is 0.305 e. The molecule has 84 valence electrons. The summed E-state index contributed by atoms with van der Waals surface area (Å²) >= 11 is 1.80. The van der Waals surface area contributed by atoms with Gasteiger partial charge >= 0.3 is 0 Å². The minimum atomic E-state index is 0.498. The molecule has 0 spiro atoms. The topological polar surface area (TPSA) is 24.9 Å². The predicted molar refractivity (Wildman–Crippen MR) is 65.2 cm³/mol. The van der Waals surface area contributed by atoms with Gasteiger partial charge in [-0.15, -0.1) is 11.3 Å². The van der Waals surface area contributed by atoms with Crippen LogP contribution in [0.2, 0.25) is 0 Å². The third-order valence-electron chi connectivity index (χ3n) is 3.04. The number of rotatable bonds is 4. The van der Waals surface area contributed by atoms with Gasteiger partial charge in [0.05, 0.1) is 6.04 Å². The van der Waals surface area contributed by atoms with Gasteiger partial charge < -0.3 is 5.32 Å². The van der Waals surface area contributed by atoms with Gasteiger partial charge in [0, 0.05) is 17.1 Å². The lowest BCUT2D eigenvalue weighted by Crippen LogP contribution is -2.36. The smallest absolute Gasteiger partial charge is 0.110 e. The molecule has 1 aliphatic carbocycles. The van der Waals surface area contributed by atoms with E-state index >= 15 is 0 Å². The molecule has 0 saturated heterocycles. The Morgan fingerprint density at radius 3 is 2.60 bits per heavy atom. The molecule has 1 N–H and O–H groups in total. The standard InChI is InChI=1S/C12H20N2S/c1-8(2)13-11(10-5-4-6-10)12-14-9(3)7-15-12/h7-8,10-11,13H,4-6H2,1-3H3. The molecule has 1 heterocycles. The average Bonchev–Trinajstić information content (AvgIpc) is 2.46. The first-order valence-corrected chi connectivity index (χ1v) is 6.73. The highest BCUT2D eigenvalue weighted by molar-refractivity contribution is 7.09. The second-order valence-corrected chi connectivity index (χ2v) is 5.71. The van der Waals surface area contributed by atoms with E-state index in [-0.39, 0.29) is 0 Å². The lowest BCUT2D eigenvalue weighted by molar-refractivity contribution is 0.221. The van der Waals surface area contributed by atoms with Crippen LogP contribution in [0.3, 0.4) is 0 Å². The highest BCUT2D eigenvalue weighted by Gasteiger charge is 2.30. The van der Waals surface area contributed by atoms with E-state index < -0.39 is 0 Å². The van der Waals surface area contributed by atoms with Crippen molar-refractivity contribution in [3.63, 3.8) is 0 Å². The Hall–Kier alpha value is -0.410. The molecule has 1 aromatic rings. The minimum Gasteiger partial charge on any atom is -0.305 e. The lowest BCUT2D eigenvalue weighted by Gasteiger charge is -2.34. The van der Waals surface area contributed by atoms with Crippen molar-refractivity contribution in [1.29, 1.82) is 0 Å². The SMILES string of the molecule is Cc1csc(C(NC(C)C)C2CCC2)n1. The Balaban J connectivity index is 2.10. The molecule has 1 aromatic heterocycles. The van der Waals surface area contributed by atoms with E-state index in [9.17, 15) is 0 Å². The van der Waals surface area contributed by atoms with E-state index in [2.05, 4.69) is 36.5 Å². The highest BCUT2D eigenvalue weighted by atomic mass is 32.1. The fourth-order valence-corrected chi connectivity index (χ4v) is 3.00. The maximum atomic E-state index is 4.62. The summed E-state index contributed by atoms with van der Waals surface area (Å²) in [7, 11) is 0. The summed E-state index contributed by atoms with van der Waals surface area (Å²) in [6.45, 7) is 6.51. The Bertz CT molecular complexity index is 315. The van der Waals surface area contributed by atoms with Gasteiger partial charge in [-0.25, -0.2) is 4.98 Å². The molecule has 2 nitrogen and oxygen atoms in total. The van der Waals surface area contributed by atoms with Crippen molar-refractivity contribution in [2.45, 2.75) is 52.1 Å². The van der Waals surface area contributed by atoms with Crippen LogP contribution >= 0.6 is 11.3 Å². The van der Waals surface area contributed by atoms with Crippen molar-refractivity contribution in [3.8, 4) is 0 Å². The molecule has 1 fully saturated rings. The molecule has 0 amide bonds. The molecule has 0 aliphatic heterocycles. The summed E-state index contributed by atoms with van der Waals surface area (Å²) < 4.78 is 0. The average molecular weight is 224 g/mol. The van der Waals surface area contributed by atoms with Gasteiger partial charge in [-0.2, -0.15) is 0 Å². The first kappa shape index (κ1) is 11.1. The maximum absolute atomic E-state index is 4.62. The van der Waals surface area contributed by atoms with Crippen LogP contribution in [0.5, 0.6) is 0 Å². The molecule has 2 rings (SSSR count).